The lowest BCUT2D eigenvalue weighted by molar-refractivity contribution is -0.137. The van der Waals surface area contributed by atoms with E-state index in [0.717, 1.165) is 24.0 Å². The Labute approximate surface area is 127 Å². The predicted octanol–water partition coefficient (Wildman–Crippen LogP) is 2.36. The zero-order chi connectivity index (χ0) is 15.4. The third kappa shape index (κ3) is 3.43. The van der Waals surface area contributed by atoms with Crippen molar-refractivity contribution >= 4 is 5.91 Å². The Balaban J connectivity index is 2.18. The molecule has 0 aliphatic carbocycles. The van der Waals surface area contributed by atoms with E-state index in [-0.39, 0.29) is 17.9 Å². The maximum Gasteiger partial charge on any atom is 0.244 e. The molecular formula is C17H23N3O. The van der Waals surface area contributed by atoms with Gasteiger partial charge in [-0.2, -0.15) is 5.26 Å². The van der Waals surface area contributed by atoms with Crippen LogP contribution in [0, 0.1) is 24.2 Å². The molecule has 0 N–H and O–H groups in total. The van der Waals surface area contributed by atoms with E-state index < -0.39 is 0 Å². The van der Waals surface area contributed by atoms with Crippen LogP contribution in [0.3, 0.4) is 0 Å². The van der Waals surface area contributed by atoms with Gasteiger partial charge in [0.25, 0.3) is 0 Å². The largest absolute Gasteiger partial charge is 0.341 e. The van der Waals surface area contributed by atoms with Crippen LogP contribution in [0.4, 0.5) is 0 Å². The molecule has 1 aromatic carbocycles. The van der Waals surface area contributed by atoms with E-state index in [0.29, 0.717) is 13.1 Å². The molecular weight excluding hydrogens is 262 g/mol. The summed E-state index contributed by atoms with van der Waals surface area (Å²) in [6.07, 6.45) is 1.58. The van der Waals surface area contributed by atoms with Gasteiger partial charge in [-0.25, -0.2) is 0 Å². The number of likely N-dealkylation sites (tertiary alicyclic amines) is 1. The second-order valence-electron chi connectivity index (χ2n) is 5.95. The molecule has 0 spiro atoms. The Morgan fingerprint density at radius 2 is 1.95 bits per heavy atom. The number of carbonyl (C=O) groups excluding carboxylic acids is 1. The van der Waals surface area contributed by atoms with E-state index in [9.17, 15) is 4.79 Å². The van der Waals surface area contributed by atoms with E-state index >= 15 is 0 Å². The third-order valence-corrected chi connectivity index (χ3v) is 4.22. The zero-order valence-electron chi connectivity index (χ0n) is 13.0. The van der Waals surface area contributed by atoms with Gasteiger partial charge in [0.15, 0.2) is 0 Å². The smallest absolute Gasteiger partial charge is 0.244 e. The molecule has 1 aliphatic heterocycles. The molecule has 21 heavy (non-hydrogen) atoms. The maximum absolute atomic E-state index is 12.9. The van der Waals surface area contributed by atoms with Crippen molar-refractivity contribution in [1.29, 1.82) is 5.26 Å². The summed E-state index contributed by atoms with van der Waals surface area (Å²) in [6, 6.07) is 10.1. The number of rotatable bonds is 3. The predicted molar refractivity (Wildman–Crippen MR) is 82.5 cm³/mol. The summed E-state index contributed by atoms with van der Waals surface area (Å²) < 4.78 is 0. The summed E-state index contributed by atoms with van der Waals surface area (Å²) >= 11 is 0. The van der Waals surface area contributed by atoms with E-state index in [1.165, 1.54) is 0 Å². The van der Waals surface area contributed by atoms with E-state index in [4.69, 9.17) is 5.26 Å². The number of hydrogen-bond acceptors (Lipinski definition) is 3. The van der Waals surface area contributed by atoms with Crippen LogP contribution in [0.2, 0.25) is 0 Å². The molecule has 1 heterocycles. The van der Waals surface area contributed by atoms with Crippen LogP contribution in [-0.2, 0) is 4.79 Å². The topological polar surface area (TPSA) is 47.3 Å². The summed E-state index contributed by atoms with van der Waals surface area (Å²) in [7, 11) is 3.88. The van der Waals surface area contributed by atoms with E-state index in [2.05, 4.69) is 6.07 Å². The number of likely N-dealkylation sites (N-methyl/N-ethyl adjacent to an activating group) is 1. The van der Waals surface area contributed by atoms with Gasteiger partial charge in [0.1, 0.15) is 6.04 Å². The van der Waals surface area contributed by atoms with Crippen molar-refractivity contribution in [2.75, 3.05) is 27.2 Å². The standard InChI is InChI=1S/C17H23N3O/c1-13-6-4-5-7-15(13)16(19(2)3)17(21)20-10-8-14(12-18)9-11-20/h4-7,14,16H,8-11H2,1-3H3. The first-order valence-corrected chi connectivity index (χ1v) is 7.45. The minimum absolute atomic E-state index is 0.102. The summed E-state index contributed by atoms with van der Waals surface area (Å²) in [5, 5.41) is 8.97. The Bertz CT molecular complexity index is 539. The van der Waals surface area contributed by atoms with Gasteiger partial charge in [-0.15, -0.1) is 0 Å². The van der Waals surface area contributed by atoms with Crippen molar-refractivity contribution in [3.05, 3.63) is 35.4 Å². The molecule has 1 aromatic rings. The number of nitrogens with zero attached hydrogens (tertiary/aromatic N) is 3. The minimum atomic E-state index is -0.246. The van der Waals surface area contributed by atoms with Crippen LogP contribution in [0.5, 0.6) is 0 Å². The number of carbonyl (C=O) groups is 1. The highest BCUT2D eigenvalue weighted by Crippen LogP contribution is 2.26. The summed E-state index contributed by atoms with van der Waals surface area (Å²) in [5.41, 5.74) is 2.20. The van der Waals surface area contributed by atoms with E-state index in [1.807, 2.05) is 55.1 Å². The van der Waals surface area contributed by atoms with Crippen LogP contribution in [0.25, 0.3) is 0 Å². The Morgan fingerprint density at radius 3 is 2.48 bits per heavy atom. The number of hydrogen-bond donors (Lipinski definition) is 0. The number of nitriles is 1. The van der Waals surface area contributed by atoms with Crippen LogP contribution < -0.4 is 0 Å². The molecule has 1 amide bonds. The van der Waals surface area contributed by atoms with Crippen molar-refractivity contribution in [1.82, 2.24) is 9.80 Å². The van der Waals surface area contributed by atoms with Gasteiger partial charge in [0, 0.05) is 19.0 Å². The number of amides is 1. The molecule has 2 rings (SSSR count). The fraction of sp³-hybridized carbons (Fsp3) is 0.529. The average Bonchev–Trinajstić information content (AvgIpc) is 2.49. The van der Waals surface area contributed by atoms with Gasteiger partial charge in [0.05, 0.1) is 6.07 Å². The third-order valence-electron chi connectivity index (χ3n) is 4.22. The van der Waals surface area contributed by atoms with Gasteiger partial charge in [0.2, 0.25) is 5.91 Å². The Hall–Kier alpha value is -1.86. The second-order valence-corrected chi connectivity index (χ2v) is 5.95. The first kappa shape index (κ1) is 15.5. The van der Waals surface area contributed by atoms with Crippen molar-refractivity contribution in [2.24, 2.45) is 5.92 Å². The van der Waals surface area contributed by atoms with Gasteiger partial charge >= 0.3 is 0 Å². The molecule has 112 valence electrons. The first-order chi connectivity index (χ1) is 10.0. The highest BCUT2D eigenvalue weighted by Gasteiger charge is 2.31. The van der Waals surface area contributed by atoms with Crippen molar-refractivity contribution in [3.63, 3.8) is 0 Å². The maximum atomic E-state index is 12.9. The van der Waals surface area contributed by atoms with Crippen LogP contribution in [0.1, 0.15) is 30.0 Å². The second kappa shape index (κ2) is 6.73. The Kier molecular flexibility index (Phi) is 4.98. The summed E-state index contributed by atoms with van der Waals surface area (Å²) in [5.74, 6) is 0.246. The zero-order valence-corrected chi connectivity index (χ0v) is 13.0. The van der Waals surface area contributed by atoms with Gasteiger partial charge in [-0.1, -0.05) is 24.3 Å². The van der Waals surface area contributed by atoms with Crippen LogP contribution >= 0.6 is 0 Å². The molecule has 4 nitrogen and oxygen atoms in total. The monoisotopic (exact) mass is 285 g/mol. The average molecular weight is 285 g/mol. The molecule has 1 fully saturated rings. The lowest BCUT2D eigenvalue weighted by Crippen LogP contribution is -2.44. The fourth-order valence-electron chi connectivity index (χ4n) is 2.93. The molecule has 4 heteroatoms. The van der Waals surface area contributed by atoms with Gasteiger partial charge in [-0.05, 0) is 45.0 Å². The summed E-state index contributed by atoms with van der Waals surface area (Å²) in [6.45, 7) is 3.42. The van der Waals surface area contributed by atoms with E-state index in [1.54, 1.807) is 0 Å². The van der Waals surface area contributed by atoms with Gasteiger partial charge < -0.3 is 4.90 Å². The molecule has 0 bridgehead atoms. The van der Waals surface area contributed by atoms with Gasteiger partial charge in [-0.3, -0.25) is 9.69 Å². The fourth-order valence-corrected chi connectivity index (χ4v) is 2.93. The van der Waals surface area contributed by atoms with Crippen molar-refractivity contribution in [3.8, 4) is 6.07 Å². The normalized spacial score (nSPS) is 17.6. The van der Waals surface area contributed by atoms with Crippen molar-refractivity contribution < 1.29 is 4.79 Å². The molecule has 0 aromatic heterocycles. The lowest BCUT2D eigenvalue weighted by atomic mass is 9.95. The SMILES string of the molecule is Cc1ccccc1C(C(=O)N1CCC(C#N)CC1)N(C)C. The van der Waals surface area contributed by atoms with Crippen LogP contribution in [-0.4, -0.2) is 42.9 Å². The molecule has 1 aliphatic rings. The highest BCUT2D eigenvalue weighted by molar-refractivity contribution is 5.83. The summed E-state index contributed by atoms with van der Waals surface area (Å²) in [4.78, 5) is 16.8. The first-order valence-electron chi connectivity index (χ1n) is 7.45. The molecule has 1 atom stereocenters. The molecule has 1 unspecified atom stereocenters. The molecule has 1 saturated heterocycles. The quantitative estimate of drug-likeness (QED) is 0.856. The molecule has 0 saturated carbocycles. The molecule has 0 radical (unpaired) electrons. The Morgan fingerprint density at radius 1 is 1.33 bits per heavy atom. The number of piperidine rings is 1. The lowest BCUT2D eigenvalue weighted by Gasteiger charge is -2.35. The minimum Gasteiger partial charge on any atom is -0.341 e. The van der Waals surface area contributed by atoms with Crippen LogP contribution in [0.15, 0.2) is 24.3 Å². The number of aryl methyl sites for hydroxylation is 1. The number of benzene rings is 1. The van der Waals surface area contributed by atoms with Crippen molar-refractivity contribution in [2.45, 2.75) is 25.8 Å². The highest BCUT2D eigenvalue weighted by atomic mass is 16.2.